The number of aliphatic carboxylic acids is 1. The number of alkyl carbamates (subject to hydrolysis) is 1. The molecule has 1 aliphatic rings. The van der Waals surface area contributed by atoms with E-state index in [0.29, 0.717) is 6.42 Å². The van der Waals surface area contributed by atoms with Gasteiger partial charge in [-0.05, 0) is 18.3 Å². The van der Waals surface area contributed by atoms with E-state index in [9.17, 15) is 9.59 Å². The van der Waals surface area contributed by atoms with Gasteiger partial charge in [-0.25, -0.2) is 9.59 Å². The molecular formula is C11H17NO4. The van der Waals surface area contributed by atoms with Gasteiger partial charge in [0.2, 0.25) is 0 Å². The van der Waals surface area contributed by atoms with Crippen molar-refractivity contribution >= 4 is 12.1 Å². The van der Waals surface area contributed by atoms with Crippen LogP contribution in [0, 0.1) is 11.8 Å². The lowest BCUT2D eigenvalue weighted by Crippen LogP contribution is -2.45. The maximum Gasteiger partial charge on any atom is 0.408 e. The van der Waals surface area contributed by atoms with Gasteiger partial charge in [0.25, 0.3) is 0 Å². The van der Waals surface area contributed by atoms with E-state index in [-0.39, 0.29) is 18.4 Å². The van der Waals surface area contributed by atoms with Crippen LogP contribution in [-0.2, 0) is 9.53 Å². The van der Waals surface area contributed by atoms with E-state index in [2.05, 4.69) is 11.9 Å². The maximum absolute atomic E-state index is 11.3. The molecule has 0 radical (unpaired) electrons. The molecule has 0 bridgehead atoms. The van der Waals surface area contributed by atoms with Crippen LogP contribution in [0.4, 0.5) is 4.79 Å². The highest BCUT2D eigenvalue weighted by molar-refractivity contribution is 5.88. The largest absolute Gasteiger partial charge is 0.479 e. The number of hydrogen-bond donors (Lipinski definition) is 2. The molecule has 2 N–H and O–H groups in total. The van der Waals surface area contributed by atoms with Gasteiger partial charge in [0.1, 0.15) is 12.1 Å². The van der Waals surface area contributed by atoms with Gasteiger partial charge in [-0.15, -0.1) is 0 Å². The van der Waals surface area contributed by atoms with Crippen LogP contribution in [0.3, 0.4) is 0 Å². The van der Waals surface area contributed by atoms with E-state index in [0.717, 1.165) is 0 Å². The number of rotatable bonds is 5. The summed E-state index contributed by atoms with van der Waals surface area (Å²) in [6, 6.07) is 0. The van der Waals surface area contributed by atoms with Crippen LogP contribution >= 0.6 is 0 Å². The fourth-order valence-electron chi connectivity index (χ4n) is 1.89. The first kappa shape index (κ1) is 12.5. The van der Waals surface area contributed by atoms with Crippen molar-refractivity contribution in [2.75, 3.05) is 6.61 Å². The van der Waals surface area contributed by atoms with Crippen LogP contribution in [0.1, 0.15) is 20.3 Å². The minimum atomic E-state index is -1.13. The van der Waals surface area contributed by atoms with Crippen LogP contribution in [0.25, 0.3) is 0 Å². The normalized spacial score (nSPS) is 27.3. The summed E-state index contributed by atoms with van der Waals surface area (Å²) in [6.45, 7) is 7.35. The Morgan fingerprint density at radius 2 is 2.31 bits per heavy atom. The average molecular weight is 227 g/mol. The molecule has 1 fully saturated rings. The molecule has 1 amide bonds. The van der Waals surface area contributed by atoms with Crippen LogP contribution in [-0.4, -0.2) is 29.3 Å². The summed E-state index contributed by atoms with van der Waals surface area (Å²) in [5, 5.41) is 11.5. The van der Waals surface area contributed by atoms with Crippen molar-refractivity contribution in [3.05, 3.63) is 12.7 Å². The van der Waals surface area contributed by atoms with Crippen LogP contribution in [0.15, 0.2) is 12.7 Å². The first-order valence-corrected chi connectivity index (χ1v) is 5.23. The number of carbonyl (C=O) groups is 2. The molecule has 1 rings (SSSR count). The van der Waals surface area contributed by atoms with Gasteiger partial charge in [0.15, 0.2) is 0 Å². The second-order valence-electron chi connectivity index (χ2n) is 4.34. The topological polar surface area (TPSA) is 75.6 Å². The Kier molecular flexibility index (Phi) is 3.57. The third kappa shape index (κ3) is 2.35. The zero-order valence-electron chi connectivity index (χ0n) is 9.53. The molecule has 5 heteroatoms. The molecule has 0 saturated heterocycles. The summed E-state index contributed by atoms with van der Waals surface area (Å²) in [5.41, 5.74) is -1.13. The molecule has 0 aliphatic heterocycles. The summed E-state index contributed by atoms with van der Waals surface area (Å²) >= 11 is 0. The van der Waals surface area contributed by atoms with E-state index < -0.39 is 17.6 Å². The van der Waals surface area contributed by atoms with Gasteiger partial charge >= 0.3 is 12.1 Å². The molecule has 0 heterocycles. The Bertz CT molecular complexity index is 313. The Balaban J connectivity index is 2.58. The second-order valence-corrected chi connectivity index (χ2v) is 4.34. The molecule has 1 saturated carbocycles. The van der Waals surface area contributed by atoms with Crippen molar-refractivity contribution in [2.45, 2.75) is 25.8 Å². The molecule has 1 aliphatic carbocycles. The lowest BCUT2D eigenvalue weighted by molar-refractivity contribution is -0.141. The molecule has 5 nitrogen and oxygen atoms in total. The highest BCUT2D eigenvalue weighted by Crippen LogP contribution is 2.48. The van der Waals surface area contributed by atoms with Crippen molar-refractivity contribution in [3.63, 3.8) is 0 Å². The van der Waals surface area contributed by atoms with E-state index in [4.69, 9.17) is 9.84 Å². The predicted molar refractivity (Wildman–Crippen MR) is 58.0 cm³/mol. The number of carboxylic acid groups (broad SMARTS) is 1. The maximum atomic E-state index is 11.3. The van der Waals surface area contributed by atoms with Crippen LogP contribution in [0.5, 0.6) is 0 Å². The Morgan fingerprint density at radius 1 is 1.69 bits per heavy atom. The van der Waals surface area contributed by atoms with E-state index in [1.54, 1.807) is 0 Å². The summed E-state index contributed by atoms with van der Waals surface area (Å²) in [5.74, 6) is -0.807. The highest BCUT2D eigenvalue weighted by Gasteiger charge is 2.62. The first-order chi connectivity index (χ1) is 7.44. The van der Waals surface area contributed by atoms with Gasteiger partial charge in [-0.2, -0.15) is 0 Å². The zero-order chi connectivity index (χ0) is 12.3. The number of carbonyl (C=O) groups excluding carboxylic acids is 1. The van der Waals surface area contributed by atoms with E-state index in [1.165, 1.54) is 6.08 Å². The summed E-state index contributed by atoms with van der Waals surface area (Å²) in [6.07, 6.45) is 1.19. The van der Waals surface area contributed by atoms with Gasteiger partial charge < -0.3 is 15.2 Å². The molecule has 0 aromatic heterocycles. The SMILES string of the molecule is C=CCOC(=O)N[C@]1(C(=O)O)C[C@H]1C(C)C. The number of nitrogens with one attached hydrogen (secondary N) is 1. The molecule has 2 atom stereocenters. The zero-order valence-corrected chi connectivity index (χ0v) is 9.53. The molecule has 90 valence electrons. The van der Waals surface area contributed by atoms with Gasteiger partial charge in [-0.1, -0.05) is 26.5 Å². The third-order valence-electron chi connectivity index (χ3n) is 2.86. The molecular weight excluding hydrogens is 210 g/mol. The number of hydrogen-bond acceptors (Lipinski definition) is 3. The standard InChI is InChI=1S/C11H17NO4/c1-4-5-16-10(15)12-11(9(13)14)6-8(11)7(2)3/h4,7-8H,1,5-6H2,2-3H3,(H,12,15)(H,13,14)/t8-,11+/m0/s1. The minimum absolute atomic E-state index is 0.0266. The fraction of sp³-hybridized carbons (Fsp3) is 0.636. The quantitative estimate of drug-likeness (QED) is 0.696. The molecule has 16 heavy (non-hydrogen) atoms. The number of carboxylic acids is 1. The van der Waals surface area contributed by atoms with Crippen molar-refractivity contribution in [3.8, 4) is 0 Å². The third-order valence-corrected chi connectivity index (χ3v) is 2.86. The monoisotopic (exact) mass is 227 g/mol. The average Bonchev–Trinajstić information content (AvgIpc) is 2.91. The van der Waals surface area contributed by atoms with Crippen LogP contribution < -0.4 is 5.32 Å². The van der Waals surface area contributed by atoms with Gasteiger partial charge in [0.05, 0.1) is 0 Å². The van der Waals surface area contributed by atoms with Crippen LogP contribution in [0.2, 0.25) is 0 Å². The second kappa shape index (κ2) is 4.55. The fourth-order valence-corrected chi connectivity index (χ4v) is 1.89. The molecule has 0 spiro atoms. The molecule has 0 aromatic rings. The molecule has 0 aromatic carbocycles. The Morgan fingerprint density at radius 3 is 2.69 bits per heavy atom. The van der Waals surface area contributed by atoms with E-state index >= 15 is 0 Å². The summed E-state index contributed by atoms with van der Waals surface area (Å²) in [7, 11) is 0. The lowest BCUT2D eigenvalue weighted by atomic mass is 10.0. The smallest absolute Gasteiger partial charge is 0.408 e. The van der Waals surface area contributed by atoms with Crippen molar-refractivity contribution in [1.82, 2.24) is 5.32 Å². The van der Waals surface area contributed by atoms with Crippen molar-refractivity contribution < 1.29 is 19.4 Å². The highest BCUT2D eigenvalue weighted by atomic mass is 16.5. The molecule has 0 unspecified atom stereocenters. The van der Waals surface area contributed by atoms with Gasteiger partial charge in [-0.3, -0.25) is 0 Å². The Hall–Kier alpha value is -1.52. The van der Waals surface area contributed by atoms with Gasteiger partial charge in [0, 0.05) is 0 Å². The summed E-state index contributed by atoms with van der Waals surface area (Å²) in [4.78, 5) is 22.4. The summed E-state index contributed by atoms with van der Waals surface area (Å²) < 4.78 is 4.71. The van der Waals surface area contributed by atoms with Crippen molar-refractivity contribution in [1.29, 1.82) is 0 Å². The number of ether oxygens (including phenoxy) is 1. The lowest BCUT2D eigenvalue weighted by Gasteiger charge is -2.15. The number of amides is 1. The first-order valence-electron chi connectivity index (χ1n) is 5.23. The van der Waals surface area contributed by atoms with Crippen molar-refractivity contribution in [2.24, 2.45) is 11.8 Å². The predicted octanol–water partition coefficient (Wildman–Crippen LogP) is 1.40. The Labute approximate surface area is 94.5 Å². The van der Waals surface area contributed by atoms with E-state index in [1.807, 2.05) is 13.8 Å². The minimum Gasteiger partial charge on any atom is -0.479 e.